The Morgan fingerprint density at radius 3 is 2.17 bits per heavy atom. The first-order valence-electron chi connectivity index (χ1n) is 11.3. The van der Waals surface area contributed by atoms with Crippen LogP contribution in [0.15, 0.2) is 18.2 Å². The number of aliphatic carboxylic acids is 1. The van der Waals surface area contributed by atoms with Gasteiger partial charge in [-0.3, -0.25) is 14.4 Å². The van der Waals surface area contributed by atoms with Crippen LogP contribution in [0.2, 0.25) is 0 Å². The number of carboxylic acid groups (broad SMARTS) is 1. The van der Waals surface area contributed by atoms with E-state index >= 15 is 0 Å². The molecule has 3 rings (SSSR count). The third-order valence-corrected chi connectivity index (χ3v) is 5.70. The number of nitrogens with one attached hydrogen (secondary N) is 3. The highest BCUT2D eigenvalue weighted by Crippen LogP contribution is 2.29. The molecule has 0 bridgehead atoms. The van der Waals surface area contributed by atoms with Gasteiger partial charge in [0.25, 0.3) is 0 Å². The summed E-state index contributed by atoms with van der Waals surface area (Å²) in [5.74, 6) is -2.86. The van der Waals surface area contributed by atoms with Crippen molar-refractivity contribution >= 4 is 29.3 Å². The molecule has 1 fully saturated rings. The second-order valence-corrected chi connectivity index (χ2v) is 10.2. The Morgan fingerprint density at radius 2 is 1.63 bits per heavy atom. The zero-order valence-electron chi connectivity index (χ0n) is 20.3. The van der Waals surface area contributed by atoms with Crippen LogP contribution in [0.3, 0.4) is 0 Å². The smallest absolute Gasteiger partial charge is 0.475 e. The van der Waals surface area contributed by atoms with Crippen LogP contribution in [0, 0.1) is 0 Å². The summed E-state index contributed by atoms with van der Waals surface area (Å²) in [5, 5.41) is 16.7. The number of rotatable bonds is 5. The molecule has 194 valence electrons. The second-order valence-electron chi connectivity index (χ2n) is 10.2. The first-order valence-corrected chi connectivity index (χ1v) is 11.3. The number of carbonyl (C=O) groups excluding carboxylic acids is 3. The molecule has 2 heterocycles. The number of piperidine rings is 1. The average Bonchev–Trinajstić information content (AvgIpc) is 2.69. The molecule has 0 saturated carbocycles. The van der Waals surface area contributed by atoms with Crippen LogP contribution in [-0.4, -0.2) is 52.0 Å². The predicted octanol–water partition coefficient (Wildman–Crippen LogP) is 3.59. The molecule has 0 atom stereocenters. The zero-order valence-corrected chi connectivity index (χ0v) is 20.3. The summed E-state index contributed by atoms with van der Waals surface area (Å²) in [5.41, 5.74) is 2.30. The van der Waals surface area contributed by atoms with Crippen molar-refractivity contribution in [1.82, 2.24) is 10.6 Å². The van der Waals surface area contributed by atoms with Gasteiger partial charge in [-0.25, -0.2) is 4.79 Å². The number of halogens is 3. The highest BCUT2D eigenvalue weighted by Gasteiger charge is 2.39. The lowest BCUT2D eigenvalue weighted by atomic mass is 9.79. The van der Waals surface area contributed by atoms with Gasteiger partial charge in [-0.2, -0.15) is 13.2 Å². The molecule has 1 saturated heterocycles. The van der Waals surface area contributed by atoms with Crippen molar-refractivity contribution < 1.29 is 37.5 Å². The Kier molecular flexibility index (Phi) is 8.70. The van der Waals surface area contributed by atoms with E-state index in [1.807, 2.05) is 6.07 Å². The van der Waals surface area contributed by atoms with E-state index in [1.165, 1.54) is 0 Å². The Bertz CT molecular complexity index is 973. The van der Waals surface area contributed by atoms with Crippen molar-refractivity contribution in [3.63, 3.8) is 0 Å². The molecule has 0 unspecified atom stereocenters. The molecule has 2 aliphatic rings. The summed E-state index contributed by atoms with van der Waals surface area (Å²) in [6.45, 7) is 8.59. The number of hydrogen-bond acceptors (Lipinski definition) is 5. The third kappa shape index (κ3) is 8.97. The standard InChI is InChI=1S/C22H31N3O3.C2HF3O2/c1-21(2)12-16(13-22(3,4)25-21)23-19(27)10-8-18(26)15-5-7-17-14(11-15)6-9-20(28)24-17;3-2(4,5)1(6)7/h5,7,11,16,25H,6,8-10,12-13H2,1-4H3,(H,23,27)(H,24,28);(H,6,7). The summed E-state index contributed by atoms with van der Waals surface area (Å²) in [7, 11) is 0. The molecule has 4 N–H and O–H groups in total. The summed E-state index contributed by atoms with van der Waals surface area (Å²) in [6, 6.07) is 5.45. The van der Waals surface area contributed by atoms with Crippen molar-refractivity contribution in [2.75, 3.05) is 5.32 Å². The van der Waals surface area contributed by atoms with Gasteiger partial charge in [-0.05, 0) is 70.7 Å². The Morgan fingerprint density at radius 1 is 1.06 bits per heavy atom. The van der Waals surface area contributed by atoms with E-state index in [1.54, 1.807) is 12.1 Å². The fourth-order valence-electron chi connectivity index (χ4n) is 4.65. The van der Waals surface area contributed by atoms with Crippen molar-refractivity contribution in [3.05, 3.63) is 29.3 Å². The number of Topliss-reactive ketones (excluding diaryl/α,β-unsaturated/α-hetero) is 1. The molecule has 8 nitrogen and oxygen atoms in total. The number of ketones is 1. The van der Waals surface area contributed by atoms with E-state index in [4.69, 9.17) is 9.90 Å². The minimum absolute atomic E-state index is 0.00696. The van der Waals surface area contributed by atoms with Crippen molar-refractivity contribution in [2.45, 2.75) is 89.5 Å². The number of hydrogen-bond donors (Lipinski definition) is 4. The third-order valence-electron chi connectivity index (χ3n) is 5.70. The van der Waals surface area contributed by atoms with Gasteiger partial charge in [0.05, 0.1) is 0 Å². The Labute approximate surface area is 202 Å². The largest absolute Gasteiger partial charge is 0.490 e. The minimum Gasteiger partial charge on any atom is -0.475 e. The Balaban J connectivity index is 0.000000540. The maximum absolute atomic E-state index is 12.5. The van der Waals surface area contributed by atoms with E-state index in [-0.39, 0.29) is 47.6 Å². The number of aryl methyl sites for hydroxylation is 1. The number of carbonyl (C=O) groups is 4. The Hall–Kier alpha value is -2.95. The van der Waals surface area contributed by atoms with Crippen LogP contribution in [-0.2, 0) is 20.8 Å². The monoisotopic (exact) mass is 499 g/mol. The van der Waals surface area contributed by atoms with E-state index in [2.05, 4.69) is 43.6 Å². The molecule has 0 aromatic heterocycles. The summed E-state index contributed by atoms with van der Waals surface area (Å²) < 4.78 is 31.7. The topological polar surface area (TPSA) is 125 Å². The van der Waals surface area contributed by atoms with Gasteiger partial charge < -0.3 is 21.1 Å². The lowest BCUT2D eigenvalue weighted by Gasteiger charge is -2.46. The molecule has 35 heavy (non-hydrogen) atoms. The fraction of sp³-hybridized carbons (Fsp3) is 0.583. The van der Waals surface area contributed by atoms with Gasteiger partial charge in [0, 0.05) is 47.6 Å². The van der Waals surface area contributed by atoms with E-state index in [0.29, 0.717) is 18.4 Å². The van der Waals surface area contributed by atoms with Crippen LogP contribution in [0.5, 0.6) is 0 Å². The molecule has 2 aliphatic heterocycles. The van der Waals surface area contributed by atoms with Crippen molar-refractivity contribution in [3.8, 4) is 0 Å². The maximum atomic E-state index is 12.5. The number of anilines is 1. The maximum Gasteiger partial charge on any atom is 0.490 e. The van der Waals surface area contributed by atoms with Gasteiger partial charge in [0.1, 0.15) is 0 Å². The summed E-state index contributed by atoms with van der Waals surface area (Å²) in [6.07, 6.45) is -1.88. The van der Waals surface area contributed by atoms with Gasteiger partial charge >= 0.3 is 12.1 Å². The number of fused-ring (bicyclic) bond motifs is 1. The molecule has 1 aromatic carbocycles. The van der Waals surface area contributed by atoms with E-state index < -0.39 is 12.1 Å². The molecular formula is C24H32F3N3O5. The van der Waals surface area contributed by atoms with Gasteiger partial charge in [-0.15, -0.1) is 0 Å². The molecule has 1 aromatic rings. The lowest BCUT2D eigenvalue weighted by Crippen LogP contribution is -2.62. The fourth-order valence-corrected chi connectivity index (χ4v) is 4.65. The highest BCUT2D eigenvalue weighted by atomic mass is 19.4. The number of carboxylic acids is 1. The van der Waals surface area contributed by atoms with Crippen LogP contribution in [0.25, 0.3) is 0 Å². The molecular weight excluding hydrogens is 467 g/mol. The van der Waals surface area contributed by atoms with Crippen LogP contribution < -0.4 is 16.0 Å². The molecule has 0 aliphatic carbocycles. The second kappa shape index (κ2) is 10.8. The van der Waals surface area contributed by atoms with Gasteiger partial charge in [0.2, 0.25) is 11.8 Å². The van der Waals surface area contributed by atoms with E-state index in [0.717, 1.165) is 24.1 Å². The predicted molar refractivity (Wildman–Crippen MR) is 123 cm³/mol. The molecule has 11 heteroatoms. The molecule has 0 radical (unpaired) electrons. The first kappa shape index (κ1) is 28.3. The van der Waals surface area contributed by atoms with Crippen molar-refractivity contribution in [2.24, 2.45) is 0 Å². The van der Waals surface area contributed by atoms with Crippen LogP contribution >= 0.6 is 0 Å². The van der Waals surface area contributed by atoms with Gasteiger partial charge in [-0.1, -0.05) is 0 Å². The molecule has 2 amide bonds. The first-order chi connectivity index (χ1) is 16.0. The van der Waals surface area contributed by atoms with Crippen molar-refractivity contribution in [1.29, 1.82) is 0 Å². The number of alkyl halides is 3. The van der Waals surface area contributed by atoms with E-state index in [9.17, 15) is 27.6 Å². The summed E-state index contributed by atoms with van der Waals surface area (Å²) >= 11 is 0. The van der Waals surface area contributed by atoms with Crippen LogP contribution in [0.4, 0.5) is 18.9 Å². The van der Waals surface area contributed by atoms with Gasteiger partial charge in [0.15, 0.2) is 5.78 Å². The highest BCUT2D eigenvalue weighted by molar-refractivity contribution is 6.00. The number of amides is 2. The van der Waals surface area contributed by atoms with Crippen LogP contribution in [0.1, 0.15) is 75.7 Å². The summed E-state index contributed by atoms with van der Waals surface area (Å²) in [4.78, 5) is 45.3. The lowest BCUT2D eigenvalue weighted by molar-refractivity contribution is -0.192. The number of benzene rings is 1. The SMILES string of the molecule is CC1(C)CC(NC(=O)CCC(=O)c2ccc3c(c2)CCC(=O)N3)CC(C)(C)N1.O=C(O)C(F)(F)F. The normalized spacial score (nSPS) is 18.9. The average molecular weight is 500 g/mol. The zero-order chi connectivity index (χ0) is 26.6. The quantitative estimate of drug-likeness (QED) is 0.459. The minimum atomic E-state index is -5.08. The molecule has 0 spiro atoms.